The summed E-state index contributed by atoms with van der Waals surface area (Å²) in [5.74, 6) is -0.151. The van der Waals surface area contributed by atoms with E-state index in [0.717, 1.165) is 16.9 Å². The Kier molecular flexibility index (Phi) is 5.86. The SMILES string of the molecule is COC(=O)c1c(-c2ccccc2)csc1NS(=O)(=O)c1cc(-c2cc(C)no2)ccc1C. The van der Waals surface area contributed by atoms with E-state index in [9.17, 15) is 13.2 Å². The minimum atomic E-state index is -4.01. The molecule has 9 heteroatoms. The zero-order valence-electron chi connectivity index (χ0n) is 17.6. The van der Waals surface area contributed by atoms with Crippen LogP contribution in [0.2, 0.25) is 0 Å². The number of nitrogens with zero attached hydrogens (tertiary/aromatic N) is 1. The molecule has 4 aromatic rings. The van der Waals surface area contributed by atoms with Crippen LogP contribution in [0.4, 0.5) is 5.00 Å². The van der Waals surface area contributed by atoms with Gasteiger partial charge in [-0.1, -0.05) is 47.6 Å². The van der Waals surface area contributed by atoms with Crippen LogP contribution >= 0.6 is 11.3 Å². The van der Waals surface area contributed by atoms with Crippen molar-refractivity contribution in [3.05, 3.63) is 76.8 Å². The van der Waals surface area contributed by atoms with Gasteiger partial charge in [0.15, 0.2) is 5.76 Å². The Labute approximate surface area is 189 Å². The van der Waals surface area contributed by atoms with Gasteiger partial charge < -0.3 is 9.26 Å². The van der Waals surface area contributed by atoms with Crippen LogP contribution in [-0.4, -0.2) is 26.7 Å². The van der Waals surface area contributed by atoms with Crippen LogP contribution in [0, 0.1) is 13.8 Å². The third kappa shape index (κ3) is 4.17. The fraction of sp³-hybridized carbons (Fsp3) is 0.130. The van der Waals surface area contributed by atoms with Gasteiger partial charge in [0.05, 0.1) is 17.7 Å². The molecule has 1 N–H and O–H groups in total. The zero-order valence-corrected chi connectivity index (χ0v) is 19.2. The maximum absolute atomic E-state index is 13.3. The van der Waals surface area contributed by atoms with Gasteiger partial charge in [0, 0.05) is 22.6 Å². The second kappa shape index (κ2) is 8.60. The van der Waals surface area contributed by atoms with Crippen molar-refractivity contribution in [1.82, 2.24) is 5.16 Å². The highest BCUT2D eigenvalue weighted by Crippen LogP contribution is 2.37. The summed E-state index contributed by atoms with van der Waals surface area (Å²) in [6.07, 6.45) is 0. The fourth-order valence-electron chi connectivity index (χ4n) is 3.29. The number of sulfonamides is 1. The Morgan fingerprint density at radius 2 is 1.81 bits per heavy atom. The van der Waals surface area contributed by atoms with E-state index >= 15 is 0 Å². The van der Waals surface area contributed by atoms with Crippen LogP contribution in [-0.2, 0) is 14.8 Å². The molecule has 0 aliphatic rings. The standard InChI is InChI=1S/C23H20N2O5S2/c1-14-9-10-17(19-11-15(2)24-30-19)12-20(14)32(27,28)25-22-21(23(26)29-3)18(13-31-22)16-7-5-4-6-8-16/h4-13,25H,1-3H3. The Hall–Kier alpha value is -3.43. The molecule has 4 rings (SSSR count). The highest BCUT2D eigenvalue weighted by Gasteiger charge is 2.26. The number of esters is 1. The van der Waals surface area contributed by atoms with Crippen molar-refractivity contribution < 1.29 is 22.5 Å². The van der Waals surface area contributed by atoms with Gasteiger partial charge in [-0.2, -0.15) is 0 Å². The molecule has 0 atom stereocenters. The number of carbonyl (C=O) groups is 1. The summed E-state index contributed by atoms with van der Waals surface area (Å²) in [5.41, 5.74) is 3.39. The third-order valence-corrected chi connectivity index (χ3v) is 7.40. The molecule has 0 saturated heterocycles. The Balaban J connectivity index is 1.76. The van der Waals surface area contributed by atoms with Crippen LogP contribution in [0.15, 0.2) is 69.4 Å². The van der Waals surface area contributed by atoms with Crippen LogP contribution in [0.1, 0.15) is 21.6 Å². The number of hydrogen-bond acceptors (Lipinski definition) is 7. The minimum absolute atomic E-state index is 0.0783. The lowest BCUT2D eigenvalue weighted by molar-refractivity contribution is 0.0603. The van der Waals surface area contributed by atoms with Crippen molar-refractivity contribution in [3.8, 4) is 22.5 Å². The molecule has 7 nitrogen and oxygen atoms in total. The van der Waals surface area contributed by atoms with Crippen LogP contribution in [0.5, 0.6) is 0 Å². The van der Waals surface area contributed by atoms with E-state index < -0.39 is 16.0 Å². The number of thiophene rings is 1. The van der Waals surface area contributed by atoms with E-state index in [-0.39, 0.29) is 15.5 Å². The number of methoxy groups -OCH3 is 1. The van der Waals surface area contributed by atoms with E-state index in [2.05, 4.69) is 9.88 Å². The van der Waals surface area contributed by atoms with Crippen LogP contribution < -0.4 is 4.72 Å². The van der Waals surface area contributed by atoms with Crippen molar-refractivity contribution >= 4 is 32.3 Å². The van der Waals surface area contributed by atoms with Crippen molar-refractivity contribution in [1.29, 1.82) is 0 Å². The molecule has 164 valence electrons. The molecule has 2 aromatic heterocycles. The first kappa shape index (κ1) is 21.8. The average Bonchev–Trinajstić information content (AvgIpc) is 3.40. The van der Waals surface area contributed by atoms with Gasteiger partial charge >= 0.3 is 5.97 Å². The Morgan fingerprint density at radius 1 is 1.06 bits per heavy atom. The molecule has 0 fully saturated rings. The summed E-state index contributed by atoms with van der Waals surface area (Å²) in [7, 11) is -2.75. The number of aryl methyl sites for hydroxylation is 2. The highest BCUT2D eigenvalue weighted by atomic mass is 32.2. The molecule has 0 unspecified atom stereocenters. The number of nitrogens with one attached hydrogen (secondary N) is 1. The Morgan fingerprint density at radius 3 is 2.47 bits per heavy atom. The van der Waals surface area contributed by atoms with E-state index in [1.54, 1.807) is 37.4 Å². The van der Waals surface area contributed by atoms with E-state index in [1.165, 1.54) is 13.2 Å². The predicted molar refractivity (Wildman–Crippen MR) is 123 cm³/mol. The zero-order chi connectivity index (χ0) is 22.9. The first-order valence-electron chi connectivity index (χ1n) is 9.62. The predicted octanol–water partition coefficient (Wildman–Crippen LogP) is 5.27. The topological polar surface area (TPSA) is 98.5 Å². The molecule has 2 aromatic carbocycles. The first-order chi connectivity index (χ1) is 15.3. The van der Waals surface area contributed by atoms with Crippen LogP contribution in [0.25, 0.3) is 22.5 Å². The van der Waals surface area contributed by atoms with E-state index in [4.69, 9.17) is 9.26 Å². The maximum atomic E-state index is 13.3. The van der Waals surface area contributed by atoms with Crippen molar-refractivity contribution in [3.63, 3.8) is 0 Å². The van der Waals surface area contributed by atoms with Gasteiger partial charge in [-0.25, -0.2) is 13.2 Å². The third-order valence-electron chi connectivity index (χ3n) is 4.88. The number of rotatable bonds is 6. The molecule has 2 heterocycles. The van der Waals surface area contributed by atoms with Crippen LogP contribution in [0.3, 0.4) is 0 Å². The van der Waals surface area contributed by atoms with Gasteiger partial charge in [-0.15, -0.1) is 11.3 Å². The maximum Gasteiger partial charge on any atom is 0.341 e. The largest absolute Gasteiger partial charge is 0.465 e. The number of anilines is 1. The lowest BCUT2D eigenvalue weighted by atomic mass is 10.0. The number of hydrogen-bond donors (Lipinski definition) is 1. The summed E-state index contributed by atoms with van der Waals surface area (Å²) in [4.78, 5) is 12.6. The summed E-state index contributed by atoms with van der Waals surface area (Å²) in [5, 5.41) is 5.78. The van der Waals surface area contributed by atoms with Gasteiger partial charge in [-0.05, 0) is 31.0 Å². The number of benzene rings is 2. The van der Waals surface area contributed by atoms with Crippen molar-refractivity contribution in [2.45, 2.75) is 18.7 Å². The van der Waals surface area contributed by atoms with Gasteiger partial charge in [-0.3, -0.25) is 4.72 Å². The molecular weight excluding hydrogens is 448 g/mol. The molecule has 0 amide bonds. The Bertz CT molecular complexity index is 1390. The van der Waals surface area contributed by atoms with Crippen molar-refractivity contribution in [2.24, 2.45) is 0 Å². The number of carbonyl (C=O) groups excluding carboxylic acids is 1. The lowest BCUT2D eigenvalue weighted by Gasteiger charge is -2.12. The fourth-order valence-corrected chi connectivity index (χ4v) is 5.84. The number of aromatic nitrogens is 1. The minimum Gasteiger partial charge on any atom is -0.465 e. The van der Waals surface area contributed by atoms with Gasteiger partial charge in [0.25, 0.3) is 10.0 Å². The lowest BCUT2D eigenvalue weighted by Crippen LogP contribution is -2.16. The monoisotopic (exact) mass is 468 g/mol. The molecule has 0 aliphatic heterocycles. The number of ether oxygens (including phenoxy) is 1. The molecule has 0 aliphatic carbocycles. The smallest absolute Gasteiger partial charge is 0.341 e. The molecule has 32 heavy (non-hydrogen) atoms. The second-order valence-corrected chi connectivity index (χ2v) is 9.66. The summed E-state index contributed by atoms with van der Waals surface area (Å²) < 4.78 is 39.4. The normalized spacial score (nSPS) is 11.3. The van der Waals surface area contributed by atoms with E-state index in [0.29, 0.717) is 28.1 Å². The molecule has 0 saturated carbocycles. The molecular formula is C23H20N2O5S2. The molecule has 0 radical (unpaired) electrons. The summed E-state index contributed by atoms with van der Waals surface area (Å²) in [6, 6.07) is 16.0. The molecule has 0 bridgehead atoms. The molecule has 0 spiro atoms. The first-order valence-corrected chi connectivity index (χ1v) is 12.0. The van der Waals surface area contributed by atoms with Crippen molar-refractivity contribution in [2.75, 3.05) is 11.8 Å². The quantitative estimate of drug-likeness (QED) is 0.387. The van der Waals surface area contributed by atoms with Gasteiger partial charge in [0.2, 0.25) is 0 Å². The van der Waals surface area contributed by atoms with E-state index in [1.807, 2.05) is 30.3 Å². The summed E-state index contributed by atoms with van der Waals surface area (Å²) in [6.45, 7) is 3.49. The highest BCUT2D eigenvalue weighted by molar-refractivity contribution is 7.93. The van der Waals surface area contributed by atoms with Gasteiger partial charge in [0.1, 0.15) is 10.6 Å². The summed E-state index contributed by atoms with van der Waals surface area (Å²) >= 11 is 1.13. The second-order valence-electron chi connectivity index (χ2n) is 7.13. The average molecular weight is 469 g/mol.